The van der Waals surface area contributed by atoms with E-state index in [0.29, 0.717) is 16.5 Å². The number of nitrogens with one attached hydrogen (secondary N) is 1. The Balaban J connectivity index is 2.80. The van der Waals surface area contributed by atoms with Crippen molar-refractivity contribution in [1.29, 1.82) is 0 Å². The average Bonchev–Trinajstić information content (AvgIpc) is 2.35. The van der Waals surface area contributed by atoms with Gasteiger partial charge in [0, 0.05) is 16.5 Å². The van der Waals surface area contributed by atoms with E-state index in [-0.39, 0.29) is 5.41 Å². The number of fused-ring (bicyclic) bond motifs is 1. The summed E-state index contributed by atoms with van der Waals surface area (Å²) >= 11 is 0. The molecular formula is C14H16FN3O. The zero-order valence-corrected chi connectivity index (χ0v) is 11.1. The van der Waals surface area contributed by atoms with Crippen molar-refractivity contribution in [2.24, 2.45) is 5.84 Å². The number of halogens is 1. The highest BCUT2D eigenvalue weighted by atomic mass is 19.1. The molecule has 0 spiro atoms. The van der Waals surface area contributed by atoms with Gasteiger partial charge in [-0.2, -0.15) is 0 Å². The maximum absolute atomic E-state index is 13.3. The lowest BCUT2D eigenvalue weighted by atomic mass is 9.89. The Hall–Kier alpha value is -2.01. The first-order chi connectivity index (χ1) is 8.82. The molecule has 0 aliphatic rings. The summed E-state index contributed by atoms with van der Waals surface area (Å²) in [4.78, 5) is 16.3. The summed E-state index contributed by atoms with van der Waals surface area (Å²) in [7, 11) is 0. The molecule has 4 nitrogen and oxygen atoms in total. The third kappa shape index (κ3) is 2.56. The largest absolute Gasteiger partial charge is 0.290 e. The van der Waals surface area contributed by atoms with Gasteiger partial charge in [-0.15, -0.1) is 0 Å². The van der Waals surface area contributed by atoms with Gasteiger partial charge in [0.1, 0.15) is 5.82 Å². The van der Waals surface area contributed by atoms with Crippen LogP contribution in [0.1, 0.15) is 36.8 Å². The standard InChI is InChI=1S/C14H16FN3O/c1-14(2,3)12-7-10(13(19)18-16)9-6-8(15)4-5-11(9)17-12/h4-7H,16H2,1-3H3,(H,18,19). The van der Waals surface area contributed by atoms with Gasteiger partial charge in [-0.1, -0.05) is 20.8 Å². The van der Waals surface area contributed by atoms with Crippen LogP contribution in [0.15, 0.2) is 24.3 Å². The van der Waals surface area contributed by atoms with E-state index in [1.54, 1.807) is 12.1 Å². The number of hydrogen-bond acceptors (Lipinski definition) is 3. The van der Waals surface area contributed by atoms with Gasteiger partial charge in [0.05, 0.1) is 11.1 Å². The molecule has 1 heterocycles. The summed E-state index contributed by atoms with van der Waals surface area (Å²) in [6, 6.07) is 5.84. The zero-order chi connectivity index (χ0) is 14.2. The predicted molar refractivity (Wildman–Crippen MR) is 72.1 cm³/mol. The number of hydrogen-bond donors (Lipinski definition) is 2. The zero-order valence-electron chi connectivity index (χ0n) is 11.1. The number of pyridine rings is 1. The summed E-state index contributed by atoms with van der Waals surface area (Å²) in [5.41, 5.74) is 3.53. The van der Waals surface area contributed by atoms with Crippen LogP contribution in [0.4, 0.5) is 4.39 Å². The maximum Gasteiger partial charge on any atom is 0.265 e. The third-order valence-corrected chi connectivity index (χ3v) is 2.91. The molecule has 1 aromatic heterocycles. The minimum absolute atomic E-state index is 0.216. The summed E-state index contributed by atoms with van der Waals surface area (Å²) in [5.74, 6) is 4.31. The topological polar surface area (TPSA) is 68.0 Å². The second-order valence-electron chi connectivity index (χ2n) is 5.44. The van der Waals surface area contributed by atoms with Gasteiger partial charge in [0.2, 0.25) is 0 Å². The molecule has 100 valence electrons. The summed E-state index contributed by atoms with van der Waals surface area (Å²) < 4.78 is 13.3. The molecule has 2 aromatic rings. The van der Waals surface area contributed by atoms with Crippen molar-refractivity contribution in [3.05, 3.63) is 41.3 Å². The van der Waals surface area contributed by atoms with E-state index < -0.39 is 11.7 Å². The Morgan fingerprint density at radius 1 is 1.32 bits per heavy atom. The SMILES string of the molecule is CC(C)(C)c1cc(C(=O)NN)c2cc(F)ccc2n1. The number of rotatable bonds is 1. The van der Waals surface area contributed by atoms with Gasteiger partial charge in [0.25, 0.3) is 5.91 Å². The number of amides is 1. The highest BCUT2D eigenvalue weighted by Crippen LogP contribution is 2.26. The molecule has 0 radical (unpaired) electrons. The van der Waals surface area contributed by atoms with Crippen molar-refractivity contribution in [1.82, 2.24) is 10.4 Å². The summed E-state index contributed by atoms with van der Waals surface area (Å²) in [5, 5.41) is 0.455. The molecular weight excluding hydrogens is 245 g/mol. The first kappa shape index (κ1) is 13.4. The lowest BCUT2D eigenvalue weighted by Gasteiger charge is -2.19. The van der Waals surface area contributed by atoms with E-state index >= 15 is 0 Å². The van der Waals surface area contributed by atoms with Gasteiger partial charge in [-0.25, -0.2) is 10.2 Å². The van der Waals surface area contributed by atoms with Gasteiger partial charge < -0.3 is 0 Å². The molecule has 1 aromatic carbocycles. The van der Waals surface area contributed by atoms with Crippen molar-refractivity contribution in [3.8, 4) is 0 Å². The van der Waals surface area contributed by atoms with Crippen LogP contribution in [0.5, 0.6) is 0 Å². The number of nitrogen functional groups attached to an aromatic ring is 1. The number of carbonyl (C=O) groups is 1. The van der Waals surface area contributed by atoms with Crippen LogP contribution in [-0.4, -0.2) is 10.9 Å². The van der Waals surface area contributed by atoms with Crippen molar-refractivity contribution in [2.45, 2.75) is 26.2 Å². The van der Waals surface area contributed by atoms with Crippen LogP contribution < -0.4 is 11.3 Å². The number of benzene rings is 1. The quantitative estimate of drug-likeness (QED) is 0.470. The molecule has 0 atom stereocenters. The first-order valence-corrected chi connectivity index (χ1v) is 5.94. The second kappa shape index (κ2) is 4.59. The van der Waals surface area contributed by atoms with E-state index in [4.69, 9.17) is 5.84 Å². The summed E-state index contributed by atoms with van der Waals surface area (Å²) in [6.45, 7) is 5.98. The highest BCUT2D eigenvalue weighted by molar-refractivity contribution is 6.06. The van der Waals surface area contributed by atoms with Crippen LogP contribution in [-0.2, 0) is 5.41 Å². The molecule has 0 aliphatic heterocycles. The van der Waals surface area contributed by atoms with Crippen molar-refractivity contribution < 1.29 is 9.18 Å². The van der Waals surface area contributed by atoms with Gasteiger partial charge in [0.15, 0.2) is 0 Å². The van der Waals surface area contributed by atoms with Crippen LogP contribution in [0.2, 0.25) is 0 Å². The van der Waals surface area contributed by atoms with Crippen molar-refractivity contribution >= 4 is 16.8 Å². The molecule has 0 fully saturated rings. The fourth-order valence-electron chi connectivity index (χ4n) is 1.85. The van der Waals surface area contributed by atoms with Gasteiger partial charge in [-0.3, -0.25) is 15.2 Å². The molecule has 5 heteroatoms. The van der Waals surface area contributed by atoms with E-state index in [9.17, 15) is 9.18 Å². The van der Waals surface area contributed by atoms with Gasteiger partial charge in [-0.05, 0) is 24.3 Å². The molecule has 0 saturated carbocycles. The average molecular weight is 261 g/mol. The normalized spacial score (nSPS) is 11.6. The van der Waals surface area contributed by atoms with Crippen molar-refractivity contribution in [2.75, 3.05) is 0 Å². The molecule has 0 aliphatic carbocycles. The maximum atomic E-state index is 13.3. The molecule has 0 unspecified atom stereocenters. The smallest absolute Gasteiger partial charge is 0.265 e. The molecule has 1 amide bonds. The van der Waals surface area contributed by atoms with E-state index in [1.165, 1.54) is 12.1 Å². The van der Waals surface area contributed by atoms with Crippen LogP contribution >= 0.6 is 0 Å². The second-order valence-corrected chi connectivity index (χ2v) is 5.44. The molecule has 2 rings (SSSR count). The lowest BCUT2D eigenvalue weighted by Crippen LogP contribution is -2.30. The summed E-state index contributed by atoms with van der Waals surface area (Å²) in [6.07, 6.45) is 0. The highest BCUT2D eigenvalue weighted by Gasteiger charge is 2.20. The number of carbonyl (C=O) groups excluding carboxylic acids is 1. The molecule has 0 bridgehead atoms. The number of nitrogens with zero attached hydrogens (tertiary/aromatic N) is 1. The fourth-order valence-corrected chi connectivity index (χ4v) is 1.85. The van der Waals surface area contributed by atoms with Crippen molar-refractivity contribution in [3.63, 3.8) is 0 Å². The number of aromatic nitrogens is 1. The van der Waals surface area contributed by atoms with E-state index in [2.05, 4.69) is 10.4 Å². The Labute approximate surface area is 110 Å². The minimum Gasteiger partial charge on any atom is -0.290 e. The van der Waals surface area contributed by atoms with E-state index in [0.717, 1.165) is 5.69 Å². The number of nitrogens with two attached hydrogens (primary N) is 1. The Morgan fingerprint density at radius 3 is 2.58 bits per heavy atom. The molecule has 19 heavy (non-hydrogen) atoms. The number of hydrazine groups is 1. The third-order valence-electron chi connectivity index (χ3n) is 2.91. The minimum atomic E-state index is -0.455. The Bertz CT molecular complexity index is 647. The van der Waals surface area contributed by atoms with Crippen LogP contribution in [0, 0.1) is 5.82 Å². The Kier molecular flexibility index (Phi) is 3.24. The predicted octanol–water partition coefficient (Wildman–Crippen LogP) is 2.27. The lowest BCUT2D eigenvalue weighted by molar-refractivity contribution is 0.0955. The molecule has 3 N–H and O–H groups in total. The van der Waals surface area contributed by atoms with Gasteiger partial charge >= 0.3 is 0 Å². The van der Waals surface area contributed by atoms with Crippen LogP contribution in [0.3, 0.4) is 0 Å². The Morgan fingerprint density at radius 2 is 2.00 bits per heavy atom. The molecule has 0 saturated heterocycles. The van der Waals surface area contributed by atoms with Crippen LogP contribution in [0.25, 0.3) is 10.9 Å². The fraction of sp³-hybridized carbons (Fsp3) is 0.286. The first-order valence-electron chi connectivity index (χ1n) is 5.94. The van der Waals surface area contributed by atoms with E-state index in [1.807, 2.05) is 20.8 Å². The monoisotopic (exact) mass is 261 g/mol.